The molecule has 0 aromatic carbocycles. The molecule has 0 aliphatic carbocycles. The van der Waals surface area contributed by atoms with Crippen molar-refractivity contribution in [1.82, 2.24) is 15.2 Å². The Bertz CT molecular complexity index is 331. The van der Waals surface area contributed by atoms with Gasteiger partial charge in [-0.25, -0.2) is 0 Å². The molecule has 1 aromatic rings. The van der Waals surface area contributed by atoms with E-state index in [1.807, 2.05) is 4.90 Å². The number of aromatic nitrogens is 3. The van der Waals surface area contributed by atoms with Gasteiger partial charge in [0.05, 0.1) is 0 Å². The number of nitrogens with zero attached hydrogens (tertiary/aromatic N) is 4. The molecular weight excluding hydrogens is 186 g/mol. The van der Waals surface area contributed by atoms with Crippen LogP contribution in [0.2, 0.25) is 0 Å². The molecule has 0 saturated carbocycles. The highest BCUT2D eigenvalue weighted by molar-refractivity contribution is 5.31. The number of H-pyrrole nitrogens is 1. The van der Waals surface area contributed by atoms with Gasteiger partial charge in [0.25, 0.3) is 0 Å². The van der Waals surface area contributed by atoms with Crippen LogP contribution in [0.4, 0.5) is 11.9 Å². The van der Waals surface area contributed by atoms with Gasteiger partial charge in [-0.05, 0) is 29.2 Å². The van der Waals surface area contributed by atoms with E-state index in [0.29, 0.717) is 5.95 Å². The quantitative estimate of drug-likeness (QED) is 0.557. The van der Waals surface area contributed by atoms with E-state index < -0.39 is 4.92 Å². The van der Waals surface area contributed by atoms with E-state index in [-0.39, 0.29) is 5.95 Å². The Morgan fingerprint density at radius 1 is 1.36 bits per heavy atom. The average molecular weight is 197 g/mol. The van der Waals surface area contributed by atoms with Crippen molar-refractivity contribution >= 4 is 11.9 Å². The maximum Gasteiger partial charge on any atom is 0.455 e. The third-order valence-electron chi connectivity index (χ3n) is 2.27. The van der Waals surface area contributed by atoms with Gasteiger partial charge in [-0.15, -0.1) is 5.10 Å². The Labute approximate surface area is 80.3 Å². The largest absolute Gasteiger partial charge is 0.455 e. The first-order valence-electron chi connectivity index (χ1n) is 4.59. The molecule has 2 heterocycles. The molecule has 1 N–H and O–H groups in total. The summed E-state index contributed by atoms with van der Waals surface area (Å²) in [4.78, 5) is 15.5. The van der Waals surface area contributed by atoms with Crippen LogP contribution in [0.1, 0.15) is 19.3 Å². The number of anilines is 1. The van der Waals surface area contributed by atoms with Gasteiger partial charge in [-0.1, -0.05) is 5.10 Å². The molecule has 14 heavy (non-hydrogen) atoms. The molecule has 0 amide bonds. The van der Waals surface area contributed by atoms with Crippen molar-refractivity contribution in [3.8, 4) is 0 Å². The third kappa shape index (κ3) is 1.66. The van der Waals surface area contributed by atoms with Gasteiger partial charge in [-0.2, -0.15) is 0 Å². The van der Waals surface area contributed by atoms with Crippen molar-refractivity contribution in [3.05, 3.63) is 10.1 Å². The lowest BCUT2D eigenvalue weighted by Gasteiger charge is -2.22. The first-order valence-corrected chi connectivity index (χ1v) is 4.59. The van der Waals surface area contributed by atoms with Gasteiger partial charge in [0.2, 0.25) is 0 Å². The molecule has 0 unspecified atom stereocenters. The molecular formula is C7H11N5O2. The Balaban J connectivity index is 2.11. The Hall–Kier alpha value is -1.66. The minimum Gasteiger partial charge on any atom is -0.390 e. The summed E-state index contributed by atoms with van der Waals surface area (Å²) in [7, 11) is 0. The average Bonchev–Trinajstić information content (AvgIpc) is 2.68. The molecule has 1 aliphatic rings. The highest BCUT2D eigenvalue weighted by Gasteiger charge is 2.21. The van der Waals surface area contributed by atoms with Crippen LogP contribution in [-0.2, 0) is 0 Å². The molecule has 7 heteroatoms. The van der Waals surface area contributed by atoms with Crippen molar-refractivity contribution in [2.45, 2.75) is 19.3 Å². The van der Waals surface area contributed by atoms with Crippen molar-refractivity contribution in [1.29, 1.82) is 0 Å². The monoisotopic (exact) mass is 197 g/mol. The van der Waals surface area contributed by atoms with Crippen LogP contribution in [0, 0.1) is 10.1 Å². The third-order valence-corrected chi connectivity index (χ3v) is 2.27. The van der Waals surface area contributed by atoms with Gasteiger partial charge >= 0.3 is 11.9 Å². The molecule has 0 radical (unpaired) electrons. The van der Waals surface area contributed by atoms with E-state index in [1.54, 1.807) is 0 Å². The Morgan fingerprint density at radius 3 is 2.64 bits per heavy atom. The fraction of sp³-hybridized carbons (Fsp3) is 0.714. The first-order chi connectivity index (χ1) is 6.77. The molecule has 7 nitrogen and oxygen atoms in total. The van der Waals surface area contributed by atoms with Crippen LogP contribution >= 0.6 is 0 Å². The molecule has 1 aromatic heterocycles. The molecule has 0 bridgehead atoms. The maximum atomic E-state index is 10.4. The van der Waals surface area contributed by atoms with E-state index in [0.717, 1.165) is 25.9 Å². The number of nitro groups is 1. The van der Waals surface area contributed by atoms with Gasteiger partial charge < -0.3 is 15.0 Å². The summed E-state index contributed by atoms with van der Waals surface area (Å²) in [5, 5.41) is 16.5. The van der Waals surface area contributed by atoms with Crippen LogP contribution in [0.5, 0.6) is 0 Å². The van der Waals surface area contributed by atoms with Crippen molar-refractivity contribution in [2.75, 3.05) is 18.0 Å². The molecule has 1 fully saturated rings. The lowest BCUT2D eigenvalue weighted by Crippen LogP contribution is -2.30. The molecule has 76 valence electrons. The van der Waals surface area contributed by atoms with Crippen LogP contribution in [0.3, 0.4) is 0 Å². The van der Waals surface area contributed by atoms with E-state index >= 15 is 0 Å². The Kier molecular flexibility index (Phi) is 2.30. The highest BCUT2D eigenvalue weighted by Crippen LogP contribution is 2.16. The number of hydrogen-bond donors (Lipinski definition) is 1. The second-order valence-corrected chi connectivity index (χ2v) is 3.26. The standard InChI is InChI=1S/C7H11N5O2/c13-12(14)7-8-6(9-10-7)11-4-2-1-3-5-11/h1-5H2,(H,8,9,10). The van der Waals surface area contributed by atoms with Crippen molar-refractivity contribution in [3.63, 3.8) is 0 Å². The first kappa shape index (κ1) is 8.92. The van der Waals surface area contributed by atoms with E-state index in [1.165, 1.54) is 6.42 Å². The second kappa shape index (κ2) is 3.60. The van der Waals surface area contributed by atoms with Gasteiger partial charge in [0.1, 0.15) is 0 Å². The molecule has 1 saturated heterocycles. The minimum atomic E-state index is -0.569. The van der Waals surface area contributed by atoms with Crippen LogP contribution in [0.25, 0.3) is 0 Å². The molecule has 0 spiro atoms. The van der Waals surface area contributed by atoms with Gasteiger partial charge in [-0.3, -0.25) is 0 Å². The summed E-state index contributed by atoms with van der Waals surface area (Å²) in [5.41, 5.74) is 0. The zero-order valence-corrected chi connectivity index (χ0v) is 7.64. The van der Waals surface area contributed by atoms with Gasteiger partial charge in [0.15, 0.2) is 0 Å². The van der Waals surface area contributed by atoms with E-state index in [9.17, 15) is 10.1 Å². The Morgan fingerprint density at radius 2 is 2.07 bits per heavy atom. The molecule has 2 rings (SSSR count). The number of piperidine rings is 1. The summed E-state index contributed by atoms with van der Waals surface area (Å²) < 4.78 is 0. The smallest absolute Gasteiger partial charge is 0.390 e. The van der Waals surface area contributed by atoms with Crippen LogP contribution < -0.4 is 4.90 Å². The zero-order valence-electron chi connectivity index (χ0n) is 7.64. The van der Waals surface area contributed by atoms with E-state index in [2.05, 4.69) is 15.2 Å². The van der Waals surface area contributed by atoms with Crippen LogP contribution in [-0.4, -0.2) is 33.2 Å². The predicted octanol–water partition coefficient (Wildman–Crippen LogP) is 0.703. The van der Waals surface area contributed by atoms with Crippen molar-refractivity contribution in [2.24, 2.45) is 0 Å². The number of hydrogen-bond acceptors (Lipinski definition) is 5. The lowest BCUT2D eigenvalue weighted by atomic mass is 10.1. The lowest BCUT2D eigenvalue weighted by molar-refractivity contribution is -0.394. The molecule has 0 atom stereocenters. The summed E-state index contributed by atoms with van der Waals surface area (Å²) in [6.07, 6.45) is 3.41. The highest BCUT2D eigenvalue weighted by atomic mass is 16.6. The summed E-state index contributed by atoms with van der Waals surface area (Å²) >= 11 is 0. The van der Waals surface area contributed by atoms with Gasteiger partial charge in [0, 0.05) is 13.1 Å². The topological polar surface area (TPSA) is 87.9 Å². The van der Waals surface area contributed by atoms with Crippen LogP contribution in [0.15, 0.2) is 0 Å². The molecule has 1 aliphatic heterocycles. The normalized spacial score (nSPS) is 17.0. The summed E-state index contributed by atoms with van der Waals surface area (Å²) in [6, 6.07) is 0. The fourth-order valence-electron chi connectivity index (χ4n) is 1.56. The van der Waals surface area contributed by atoms with Crippen molar-refractivity contribution < 1.29 is 4.92 Å². The SMILES string of the molecule is O=[N+]([O-])c1nc(N2CCCCC2)n[nH]1. The second-order valence-electron chi connectivity index (χ2n) is 3.26. The summed E-state index contributed by atoms with van der Waals surface area (Å²) in [6.45, 7) is 1.77. The fourth-order valence-corrected chi connectivity index (χ4v) is 1.56. The maximum absolute atomic E-state index is 10.4. The zero-order chi connectivity index (χ0) is 9.97. The van der Waals surface area contributed by atoms with E-state index in [4.69, 9.17) is 0 Å². The summed E-state index contributed by atoms with van der Waals surface area (Å²) in [5.74, 6) is 0.155. The number of aromatic amines is 1. The number of nitrogens with one attached hydrogen (secondary N) is 1. The minimum absolute atomic E-state index is 0.287. The predicted molar refractivity (Wildman–Crippen MR) is 49.1 cm³/mol. The number of rotatable bonds is 2.